The molecule has 0 heterocycles. The molecule has 0 spiro atoms. The van der Waals surface area contributed by atoms with E-state index in [1.54, 1.807) is 19.2 Å². The van der Waals surface area contributed by atoms with E-state index >= 15 is 0 Å². The van der Waals surface area contributed by atoms with Crippen LogP contribution in [0.25, 0.3) is 0 Å². The fourth-order valence-electron chi connectivity index (χ4n) is 1.35. The molecule has 1 aromatic carbocycles. The second-order valence-electron chi connectivity index (χ2n) is 3.08. The molecule has 1 unspecified atom stereocenters. The molecule has 0 radical (unpaired) electrons. The average molecular weight is 295 g/mol. The van der Waals surface area contributed by atoms with Crippen LogP contribution in [0, 0.1) is 0 Å². The van der Waals surface area contributed by atoms with Gasteiger partial charge in [-0.3, -0.25) is 0 Å². The quantitative estimate of drug-likeness (QED) is 0.896. The normalized spacial score (nSPS) is 12.6. The Balaban J connectivity index is 3.13. The molecule has 5 heteroatoms. The number of likely N-dealkylation sites (N-methyl/N-ethyl adjacent to an activating group) is 1. The third-order valence-corrected chi connectivity index (χ3v) is 2.74. The van der Waals surface area contributed by atoms with Gasteiger partial charge >= 0.3 is 0 Å². The van der Waals surface area contributed by atoms with Crippen LogP contribution in [0.3, 0.4) is 0 Å². The lowest BCUT2D eigenvalue weighted by atomic mass is 10.1. The molecule has 0 aliphatic heterocycles. The average Bonchev–Trinajstić information content (AvgIpc) is 2.17. The van der Waals surface area contributed by atoms with E-state index in [-0.39, 0.29) is 0 Å². The summed E-state index contributed by atoms with van der Waals surface area (Å²) in [6.07, 6.45) is -0.639. The van der Waals surface area contributed by atoms with Gasteiger partial charge < -0.3 is 15.2 Å². The third kappa shape index (κ3) is 3.08. The Morgan fingerprint density at radius 2 is 2.27 bits per heavy atom. The van der Waals surface area contributed by atoms with Crippen LogP contribution in [0.5, 0.6) is 5.75 Å². The van der Waals surface area contributed by atoms with Crippen LogP contribution in [0.2, 0.25) is 5.02 Å². The van der Waals surface area contributed by atoms with E-state index in [2.05, 4.69) is 21.2 Å². The van der Waals surface area contributed by atoms with E-state index in [1.165, 1.54) is 7.11 Å². The highest BCUT2D eigenvalue weighted by atomic mass is 79.9. The third-order valence-electron chi connectivity index (χ3n) is 2.00. The first kappa shape index (κ1) is 12.8. The molecule has 15 heavy (non-hydrogen) atoms. The van der Waals surface area contributed by atoms with Crippen LogP contribution in [-0.4, -0.2) is 25.8 Å². The number of rotatable bonds is 4. The molecule has 0 saturated carbocycles. The van der Waals surface area contributed by atoms with Crippen LogP contribution in [0.4, 0.5) is 0 Å². The minimum absolute atomic E-state index is 0.448. The van der Waals surface area contributed by atoms with Crippen molar-refractivity contribution in [3.63, 3.8) is 0 Å². The summed E-state index contributed by atoms with van der Waals surface area (Å²) in [5.41, 5.74) is 0.672. The maximum Gasteiger partial charge on any atom is 0.143 e. The number of hydrogen-bond donors (Lipinski definition) is 2. The first-order valence-electron chi connectivity index (χ1n) is 4.45. The van der Waals surface area contributed by atoms with Gasteiger partial charge in [-0.2, -0.15) is 0 Å². The highest BCUT2D eigenvalue weighted by Gasteiger charge is 2.16. The Hall–Kier alpha value is -0.290. The second-order valence-corrected chi connectivity index (χ2v) is 4.41. The number of halogens is 2. The zero-order chi connectivity index (χ0) is 11.4. The zero-order valence-electron chi connectivity index (χ0n) is 8.55. The molecule has 0 aliphatic carbocycles. The summed E-state index contributed by atoms with van der Waals surface area (Å²) in [5.74, 6) is 0.516. The van der Waals surface area contributed by atoms with E-state index in [9.17, 15) is 5.11 Å². The molecule has 1 atom stereocenters. The van der Waals surface area contributed by atoms with Crippen LogP contribution < -0.4 is 10.1 Å². The summed E-state index contributed by atoms with van der Waals surface area (Å²) in [7, 11) is 3.31. The number of aliphatic hydroxyl groups is 1. The van der Waals surface area contributed by atoms with Gasteiger partial charge in [0, 0.05) is 16.6 Å². The standard InChI is InChI=1S/C10H13BrClNO2/c1-13-5-9(14)7-3-6(11)4-8(12)10(7)15-2/h3-4,9,13-14H,5H2,1-2H3. The number of hydrogen-bond acceptors (Lipinski definition) is 3. The van der Waals surface area contributed by atoms with Crippen molar-refractivity contribution in [2.45, 2.75) is 6.10 Å². The van der Waals surface area contributed by atoms with Crippen LogP contribution in [0.15, 0.2) is 16.6 Å². The predicted octanol–water partition coefficient (Wildman–Crippen LogP) is 2.36. The van der Waals surface area contributed by atoms with E-state index < -0.39 is 6.10 Å². The number of benzene rings is 1. The first-order chi connectivity index (χ1) is 7.10. The summed E-state index contributed by atoms with van der Waals surface area (Å²) in [5, 5.41) is 13.2. The van der Waals surface area contributed by atoms with Gasteiger partial charge in [0.25, 0.3) is 0 Å². The second kappa shape index (κ2) is 5.70. The number of aliphatic hydroxyl groups excluding tert-OH is 1. The van der Waals surface area contributed by atoms with Crippen molar-refractivity contribution in [1.29, 1.82) is 0 Å². The fourth-order valence-corrected chi connectivity index (χ4v) is 2.26. The van der Waals surface area contributed by atoms with Crippen molar-refractivity contribution < 1.29 is 9.84 Å². The molecule has 0 aliphatic rings. The predicted molar refractivity (Wildman–Crippen MR) is 64.6 cm³/mol. The summed E-state index contributed by atoms with van der Waals surface area (Å²) in [6, 6.07) is 3.53. The molecule has 0 bridgehead atoms. The Kier molecular flexibility index (Phi) is 4.86. The topological polar surface area (TPSA) is 41.5 Å². The van der Waals surface area contributed by atoms with Crippen molar-refractivity contribution in [2.24, 2.45) is 0 Å². The summed E-state index contributed by atoms with van der Waals surface area (Å²) in [4.78, 5) is 0. The van der Waals surface area contributed by atoms with E-state index in [0.29, 0.717) is 22.9 Å². The molecule has 2 N–H and O–H groups in total. The van der Waals surface area contributed by atoms with Crippen LogP contribution in [0.1, 0.15) is 11.7 Å². The van der Waals surface area contributed by atoms with Gasteiger partial charge in [-0.1, -0.05) is 27.5 Å². The summed E-state index contributed by atoms with van der Waals surface area (Å²) >= 11 is 9.32. The maximum absolute atomic E-state index is 9.86. The Bertz CT molecular complexity index is 346. The van der Waals surface area contributed by atoms with Crippen LogP contribution in [-0.2, 0) is 0 Å². The number of ether oxygens (including phenoxy) is 1. The lowest BCUT2D eigenvalue weighted by molar-refractivity contribution is 0.173. The molecular weight excluding hydrogens is 281 g/mol. The van der Waals surface area contributed by atoms with Crippen molar-refractivity contribution in [1.82, 2.24) is 5.32 Å². The van der Waals surface area contributed by atoms with Gasteiger partial charge in [0.05, 0.1) is 18.2 Å². The zero-order valence-corrected chi connectivity index (χ0v) is 10.9. The molecule has 3 nitrogen and oxygen atoms in total. The highest BCUT2D eigenvalue weighted by Crippen LogP contribution is 2.35. The van der Waals surface area contributed by atoms with Crippen LogP contribution >= 0.6 is 27.5 Å². The van der Waals surface area contributed by atoms with E-state index in [1.807, 2.05) is 0 Å². The lowest BCUT2D eigenvalue weighted by Crippen LogP contribution is -2.17. The maximum atomic E-state index is 9.86. The molecule has 0 fully saturated rings. The summed E-state index contributed by atoms with van der Waals surface area (Å²) in [6.45, 7) is 0.448. The molecule has 0 saturated heterocycles. The molecular formula is C10H13BrClNO2. The van der Waals surface area contributed by atoms with Gasteiger partial charge in [-0.25, -0.2) is 0 Å². The minimum Gasteiger partial charge on any atom is -0.495 e. The van der Waals surface area contributed by atoms with Crippen molar-refractivity contribution in [2.75, 3.05) is 20.7 Å². The largest absolute Gasteiger partial charge is 0.495 e. The Labute approximate surface area is 103 Å². The minimum atomic E-state index is -0.639. The van der Waals surface area contributed by atoms with E-state index in [0.717, 1.165) is 4.47 Å². The molecule has 1 aromatic rings. The monoisotopic (exact) mass is 293 g/mol. The molecule has 0 aromatic heterocycles. The van der Waals surface area contributed by atoms with Gasteiger partial charge in [0.15, 0.2) is 0 Å². The number of nitrogens with one attached hydrogen (secondary N) is 1. The smallest absolute Gasteiger partial charge is 0.143 e. The van der Waals surface area contributed by atoms with Gasteiger partial charge in [-0.05, 0) is 19.2 Å². The van der Waals surface area contributed by atoms with E-state index in [4.69, 9.17) is 16.3 Å². The molecule has 1 rings (SSSR count). The fraction of sp³-hybridized carbons (Fsp3) is 0.400. The Morgan fingerprint density at radius 3 is 2.80 bits per heavy atom. The van der Waals surface area contributed by atoms with Gasteiger partial charge in [0.2, 0.25) is 0 Å². The number of methoxy groups -OCH3 is 1. The van der Waals surface area contributed by atoms with Crippen molar-refractivity contribution in [3.05, 3.63) is 27.2 Å². The Morgan fingerprint density at radius 1 is 1.60 bits per heavy atom. The first-order valence-corrected chi connectivity index (χ1v) is 5.62. The lowest BCUT2D eigenvalue weighted by Gasteiger charge is -2.16. The molecule has 0 amide bonds. The highest BCUT2D eigenvalue weighted by molar-refractivity contribution is 9.10. The SMILES string of the molecule is CNCC(O)c1cc(Br)cc(Cl)c1OC. The summed E-state index contributed by atoms with van der Waals surface area (Å²) < 4.78 is 5.98. The van der Waals surface area contributed by atoms with Gasteiger partial charge in [-0.15, -0.1) is 0 Å². The van der Waals surface area contributed by atoms with Crippen molar-refractivity contribution >= 4 is 27.5 Å². The molecule has 84 valence electrons. The van der Waals surface area contributed by atoms with Gasteiger partial charge in [0.1, 0.15) is 5.75 Å². The van der Waals surface area contributed by atoms with Crippen molar-refractivity contribution in [3.8, 4) is 5.75 Å².